The van der Waals surface area contributed by atoms with E-state index in [0.717, 1.165) is 43.2 Å². The largest absolute Gasteiger partial charge is 0.345 e. The maximum atomic E-state index is 13.2. The van der Waals surface area contributed by atoms with Crippen molar-refractivity contribution in [3.8, 4) is 0 Å². The van der Waals surface area contributed by atoms with Crippen molar-refractivity contribution >= 4 is 15.9 Å². The molecule has 0 radical (unpaired) electrons. The van der Waals surface area contributed by atoms with Crippen LogP contribution in [0.15, 0.2) is 47.4 Å². The highest BCUT2D eigenvalue weighted by Gasteiger charge is 2.26. The Kier molecular flexibility index (Phi) is 7.32. The van der Waals surface area contributed by atoms with Crippen molar-refractivity contribution in [1.82, 2.24) is 9.62 Å². The Bertz CT molecular complexity index is 976. The monoisotopic (exact) mass is 428 g/mol. The van der Waals surface area contributed by atoms with Gasteiger partial charge >= 0.3 is 0 Å². The topological polar surface area (TPSA) is 66.5 Å². The molecule has 1 amide bonds. The van der Waals surface area contributed by atoms with Gasteiger partial charge in [-0.05, 0) is 56.4 Å². The minimum atomic E-state index is -3.60. The summed E-state index contributed by atoms with van der Waals surface area (Å²) < 4.78 is 27.9. The van der Waals surface area contributed by atoms with Crippen LogP contribution in [-0.2, 0) is 10.0 Å². The third-order valence-electron chi connectivity index (χ3n) is 5.85. The number of benzene rings is 2. The smallest absolute Gasteiger partial charge is 0.252 e. The molecule has 0 bridgehead atoms. The molecule has 3 rings (SSSR count). The molecule has 1 saturated heterocycles. The van der Waals surface area contributed by atoms with Crippen molar-refractivity contribution in [3.05, 3.63) is 64.7 Å². The van der Waals surface area contributed by atoms with E-state index >= 15 is 0 Å². The summed E-state index contributed by atoms with van der Waals surface area (Å²) in [4.78, 5) is 13.3. The second-order valence-corrected chi connectivity index (χ2v) is 10.1. The van der Waals surface area contributed by atoms with Crippen molar-refractivity contribution in [2.45, 2.75) is 63.8 Å². The van der Waals surface area contributed by atoms with Crippen LogP contribution in [-0.4, -0.2) is 31.7 Å². The van der Waals surface area contributed by atoms with E-state index in [9.17, 15) is 13.2 Å². The lowest BCUT2D eigenvalue weighted by atomic mass is 10.0. The average molecular weight is 429 g/mol. The number of carbonyl (C=O) groups is 1. The second-order valence-electron chi connectivity index (χ2n) is 8.14. The molecule has 0 saturated carbocycles. The zero-order chi connectivity index (χ0) is 21.7. The second kappa shape index (κ2) is 9.75. The van der Waals surface area contributed by atoms with Crippen molar-refractivity contribution in [2.24, 2.45) is 0 Å². The maximum Gasteiger partial charge on any atom is 0.252 e. The molecule has 1 aliphatic rings. The molecule has 2 aromatic carbocycles. The quantitative estimate of drug-likeness (QED) is 0.722. The Morgan fingerprint density at radius 1 is 1.00 bits per heavy atom. The van der Waals surface area contributed by atoms with E-state index in [1.807, 2.05) is 45.0 Å². The Morgan fingerprint density at radius 3 is 2.23 bits per heavy atom. The Balaban J connectivity index is 1.85. The van der Waals surface area contributed by atoms with E-state index < -0.39 is 10.0 Å². The molecule has 0 spiro atoms. The van der Waals surface area contributed by atoms with Gasteiger partial charge in [0.15, 0.2) is 0 Å². The van der Waals surface area contributed by atoms with Crippen LogP contribution in [0.4, 0.5) is 0 Å². The third-order valence-corrected chi connectivity index (χ3v) is 7.74. The van der Waals surface area contributed by atoms with E-state index in [0.29, 0.717) is 18.7 Å². The van der Waals surface area contributed by atoms with E-state index in [1.54, 1.807) is 16.4 Å². The standard InChI is InChI=1S/C24H32N2O3S/c1-4-23(20-12-9-18(2)10-13-20)25-24(27)22-17-21(14-11-19(22)3)30(28,29)26-15-7-5-6-8-16-26/h9-14,17,23H,4-8,15-16H2,1-3H3,(H,25,27). The summed E-state index contributed by atoms with van der Waals surface area (Å²) >= 11 is 0. The van der Waals surface area contributed by atoms with Gasteiger partial charge in [0.2, 0.25) is 10.0 Å². The van der Waals surface area contributed by atoms with E-state index in [1.165, 1.54) is 11.6 Å². The summed E-state index contributed by atoms with van der Waals surface area (Å²) in [5, 5.41) is 3.08. The molecule has 1 heterocycles. The average Bonchev–Trinajstić information content (AvgIpc) is 3.03. The van der Waals surface area contributed by atoms with E-state index in [2.05, 4.69) is 5.32 Å². The molecule has 162 valence electrons. The fraction of sp³-hybridized carbons (Fsp3) is 0.458. The van der Waals surface area contributed by atoms with Gasteiger partial charge in [0.05, 0.1) is 10.9 Å². The minimum Gasteiger partial charge on any atom is -0.345 e. The molecular formula is C24H32N2O3S. The summed E-state index contributed by atoms with van der Waals surface area (Å²) in [6.45, 7) is 6.98. The van der Waals surface area contributed by atoms with Gasteiger partial charge in [-0.2, -0.15) is 4.31 Å². The zero-order valence-corrected chi connectivity index (χ0v) is 19.0. The van der Waals surface area contributed by atoms with Gasteiger partial charge in [0, 0.05) is 18.7 Å². The molecule has 1 aliphatic heterocycles. The molecule has 2 aromatic rings. The molecule has 30 heavy (non-hydrogen) atoms. The molecule has 5 nitrogen and oxygen atoms in total. The van der Waals surface area contributed by atoms with Crippen LogP contribution in [0.2, 0.25) is 0 Å². The van der Waals surface area contributed by atoms with Crippen LogP contribution in [0.3, 0.4) is 0 Å². The number of sulfonamides is 1. The zero-order valence-electron chi connectivity index (χ0n) is 18.1. The molecule has 1 fully saturated rings. The van der Waals surface area contributed by atoms with Gasteiger partial charge in [0.25, 0.3) is 5.91 Å². The van der Waals surface area contributed by atoms with Crippen molar-refractivity contribution in [1.29, 1.82) is 0 Å². The lowest BCUT2D eigenvalue weighted by Crippen LogP contribution is -2.32. The van der Waals surface area contributed by atoms with Gasteiger partial charge in [-0.15, -0.1) is 0 Å². The Labute approximate surface area is 180 Å². The van der Waals surface area contributed by atoms with Crippen molar-refractivity contribution in [2.75, 3.05) is 13.1 Å². The predicted octanol–water partition coefficient (Wildman–Crippen LogP) is 4.75. The third kappa shape index (κ3) is 5.10. The molecular weight excluding hydrogens is 396 g/mol. The lowest BCUT2D eigenvalue weighted by molar-refractivity contribution is 0.0934. The van der Waals surface area contributed by atoms with Gasteiger partial charge in [-0.25, -0.2) is 8.42 Å². The molecule has 0 aliphatic carbocycles. The van der Waals surface area contributed by atoms with Gasteiger partial charge in [0.1, 0.15) is 0 Å². The summed E-state index contributed by atoms with van der Waals surface area (Å²) in [7, 11) is -3.60. The fourth-order valence-corrected chi connectivity index (χ4v) is 5.44. The first kappa shape index (κ1) is 22.5. The molecule has 0 aromatic heterocycles. The number of hydrogen-bond acceptors (Lipinski definition) is 3. The predicted molar refractivity (Wildman–Crippen MR) is 120 cm³/mol. The highest BCUT2D eigenvalue weighted by molar-refractivity contribution is 7.89. The van der Waals surface area contributed by atoms with Crippen LogP contribution in [0.25, 0.3) is 0 Å². The van der Waals surface area contributed by atoms with Crippen LogP contribution < -0.4 is 5.32 Å². The highest BCUT2D eigenvalue weighted by Crippen LogP contribution is 2.24. The highest BCUT2D eigenvalue weighted by atomic mass is 32.2. The summed E-state index contributed by atoms with van der Waals surface area (Å²) in [5.74, 6) is -0.243. The normalized spacial score (nSPS) is 16.6. The Hall–Kier alpha value is -2.18. The summed E-state index contributed by atoms with van der Waals surface area (Å²) in [5.41, 5.74) is 3.39. The summed E-state index contributed by atoms with van der Waals surface area (Å²) in [6, 6.07) is 12.9. The first-order chi connectivity index (χ1) is 14.3. The van der Waals surface area contributed by atoms with Crippen LogP contribution >= 0.6 is 0 Å². The number of amides is 1. The first-order valence-corrected chi connectivity index (χ1v) is 12.2. The number of aryl methyl sites for hydroxylation is 2. The van der Waals surface area contributed by atoms with Gasteiger partial charge in [-0.1, -0.05) is 55.7 Å². The Morgan fingerprint density at radius 2 is 1.63 bits per heavy atom. The molecule has 1 unspecified atom stereocenters. The maximum absolute atomic E-state index is 13.2. The fourth-order valence-electron chi connectivity index (χ4n) is 3.89. The number of hydrogen-bond donors (Lipinski definition) is 1. The van der Waals surface area contributed by atoms with E-state index in [4.69, 9.17) is 0 Å². The molecule has 6 heteroatoms. The van der Waals surface area contributed by atoms with E-state index in [-0.39, 0.29) is 16.8 Å². The number of carbonyl (C=O) groups excluding carboxylic acids is 1. The van der Waals surface area contributed by atoms with Gasteiger partial charge < -0.3 is 5.32 Å². The summed E-state index contributed by atoms with van der Waals surface area (Å²) in [6.07, 6.45) is 4.63. The number of nitrogens with one attached hydrogen (secondary N) is 1. The van der Waals surface area contributed by atoms with Gasteiger partial charge in [-0.3, -0.25) is 4.79 Å². The number of rotatable bonds is 6. The molecule has 1 N–H and O–H groups in total. The van der Waals surface area contributed by atoms with Crippen LogP contribution in [0.5, 0.6) is 0 Å². The van der Waals surface area contributed by atoms with Crippen LogP contribution in [0, 0.1) is 13.8 Å². The van der Waals surface area contributed by atoms with Crippen molar-refractivity contribution in [3.63, 3.8) is 0 Å². The SMILES string of the molecule is CCC(NC(=O)c1cc(S(=O)(=O)N2CCCCCC2)ccc1C)c1ccc(C)cc1. The van der Waals surface area contributed by atoms with Crippen molar-refractivity contribution < 1.29 is 13.2 Å². The minimum absolute atomic E-state index is 0.122. The first-order valence-electron chi connectivity index (χ1n) is 10.8. The number of nitrogens with zero attached hydrogens (tertiary/aromatic N) is 1. The lowest BCUT2D eigenvalue weighted by Gasteiger charge is -2.21. The molecule has 1 atom stereocenters. The van der Waals surface area contributed by atoms with Crippen LogP contribution in [0.1, 0.15) is 72.1 Å².